The third-order valence-electron chi connectivity index (χ3n) is 8.09. The summed E-state index contributed by atoms with van der Waals surface area (Å²) in [6.07, 6.45) is 1.92. The zero-order valence-corrected chi connectivity index (χ0v) is 27.4. The normalized spacial score (nSPS) is 11.3. The molecule has 0 radical (unpaired) electrons. The Morgan fingerprint density at radius 2 is 0.870 bits per heavy atom. The standard InChI is InChI=1S/C34H27P.C7H8O3S/c1-3-11-25(12-4-1)23-27-19-21-33(31-17-9-7-15-29(27)31)35-34-22-20-28(24-26-13-5-2-6-14-26)30-16-8-10-18-32(30)34;1-6-2-4-7(5-3-6)11(8,9)10/h1-22,35H,23-24H2;2-5H,1H3,(H,8,9,10). The van der Waals surface area contributed by atoms with Crippen LogP contribution in [0.2, 0.25) is 0 Å². The summed E-state index contributed by atoms with van der Waals surface area (Å²) in [5, 5.41) is 8.31. The van der Waals surface area contributed by atoms with Crippen LogP contribution in [0.15, 0.2) is 163 Å². The fourth-order valence-corrected chi connectivity index (χ4v) is 7.55. The van der Waals surface area contributed by atoms with Crippen molar-refractivity contribution in [2.45, 2.75) is 24.7 Å². The second-order valence-corrected chi connectivity index (χ2v) is 14.1. The second kappa shape index (κ2) is 14.2. The van der Waals surface area contributed by atoms with Crippen LogP contribution in [0.4, 0.5) is 0 Å². The number of rotatable bonds is 7. The molecule has 0 aliphatic heterocycles. The van der Waals surface area contributed by atoms with E-state index in [0.717, 1.165) is 18.4 Å². The van der Waals surface area contributed by atoms with Gasteiger partial charge in [-0.3, -0.25) is 4.55 Å². The van der Waals surface area contributed by atoms with Crippen LogP contribution in [0.1, 0.15) is 27.8 Å². The topological polar surface area (TPSA) is 54.4 Å². The molecule has 7 rings (SSSR count). The lowest BCUT2D eigenvalue weighted by Crippen LogP contribution is -2.08. The Balaban J connectivity index is 0.000000288. The predicted molar refractivity (Wildman–Crippen MR) is 195 cm³/mol. The van der Waals surface area contributed by atoms with Gasteiger partial charge in [-0.2, -0.15) is 8.42 Å². The molecule has 3 nitrogen and oxygen atoms in total. The summed E-state index contributed by atoms with van der Waals surface area (Å²) >= 11 is 0. The van der Waals surface area contributed by atoms with Crippen molar-refractivity contribution in [2.75, 3.05) is 0 Å². The van der Waals surface area contributed by atoms with E-state index in [9.17, 15) is 8.42 Å². The van der Waals surface area contributed by atoms with Crippen LogP contribution < -0.4 is 10.6 Å². The Morgan fingerprint density at radius 3 is 1.28 bits per heavy atom. The van der Waals surface area contributed by atoms with Gasteiger partial charge in [0.05, 0.1) is 4.90 Å². The average molecular weight is 639 g/mol. The highest BCUT2D eigenvalue weighted by Crippen LogP contribution is 2.29. The smallest absolute Gasteiger partial charge is 0.282 e. The number of hydrogen-bond donors (Lipinski definition) is 1. The average Bonchev–Trinajstić information content (AvgIpc) is 3.08. The maximum Gasteiger partial charge on any atom is 0.294 e. The molecule has 0 amide bonds. The summed E-state index contributed by atoms with van der Waals surface area (Å²) in [5.41, 5.74) is 6.45. The molecule has 0 atom stereocenters. The Bertz CT molecular complexity index is 2070. The number of fused-ring (bicyclic) bond motifs is 2. The first-order chi connectivity index (χ1) is 22.3. The zero-order valence-electron chi connectivity index (χ0n) is 25.6. The lowest BCUT2D eigenvalue weighted by Gasteiger charge is -2.15. The highest BCUT2D eigenvalue weighted by atomic mass is 32.2. The molecule has 46 heavy (non-hydrogen) atoms. The van der Waals surface area contributed by atoms with Gasteiger partial charge >= 0.3 is 0 Å². The molecule has 0 heterocycles. The Labute approximate surface area is 273 Å². The zero-order chi connectivity index (χ0) is 31.9. The molecule has 0 saturated heterocycles. The number of aryl methyl sites for hydroxylation is 1. The Hall–Kier alpha value is -4.60. The molecule has 5 heteroatoms. The van der Waals surface area contributed by atoms with E-state index in [4.69, 9.17) is 4.55 Å². The van der Waals surface area contributed by atoms with E-state index in [1.165, 1.54) is 66.5 Å². The Morgan fingerprint density at radius 1 is 0.478 bits per heavy atom. The number of hydrogen-bond acceptors (Lipinski definition) is 2. The minimum atomic E-state index is -4.02. The van der Waals surface area contributed by atoms with Gasteiger partial charge in [0.25, 0.3) is 10.1 Å². The van der Waals surface area contributed by atoms with E-state index in [1.54, 1.807) is 12.1 Å². The fourth-order valence-electron chi connectivity index (χ4n) is 5.74. The molecule has 0 saturated carbocycles. The highest BCUT2D eigenvalue weighted by molar-refractivity contribution is 7.85. The largest absolute Gasteiger partial charge is 0.294 e. The fraction of sp³-hybridized carbons (Fsp3) is 0.0732. The van der Waals surface area contributed by atoms with Crippen LogP contribution in [0.3, 0.4) is 0 Å². The third kappa shape index (κ3) is 7.61. The van der Waals surface area contributed by atoms with Gasteiger partial charge in [0, 0.05) is 0 Å². The van der Waals surface area contributed by atoms with Crippen molar-refractivity contribution < 1.29 is 13.0 Å². The maximum absolute atomic E-state index is 10.5. The highest BCUT2D eigenvalue weighted by Gasteiger charge is 2.11. The predicted octanol–water partition coefficient (Wildman–Crippen LogP) is 9.05. The molecule has 0 spiro atoms. The van der Waals surface area contributed by atoms with Crippen molar-refractivity contribution in [2.24, 2.45) is 0 Å². The summed E-state index contributed by atoms with van der Waals surface area (Å²) in [7, 11) is -3.41. The van der Waals surface area contributed by atoms with Crippen molar-refractivity contribution in [1.29, 1.82) is 0 Å². The molecule has 228 valence electrons. The number of benzene rings is 7. The van der Waals surface area contributed by atoms with E-state index in [1.807, 2.05) is 6.92 Å². The molecular formula is C41H35O3PS. The molecule has 7 aromatic rings. The van der Waals surface area contributed by atoms with E-state index >= 15 is 0 Å². The molecule has 1 N–H and O–H groups in total. The summed E-state index contributed by atoms with van der Waals surface area (Å²) in [5.74, 6) is 0. The van der Waals surface area contributed by atoms with Crippen LogP contribution in [0.5, 0.6) is 0 Å². The van der Waals surface area contributed by atoms with E-state index in [2.05, 4.69) is 133 Å². The van der Waals surface area contributed by atoms with E-state index < -0.39 is 10.1 Å². The summed E-state index contributed by atoms with van der Waals surface area (Å²) in [6, 6.07) is 54.7. The lowest BCUT2D eigenvalue weighted by atomic mass is 9.98. The minimum Gasteiger partial charge on any atom is -0.282 e. The van der Waals surface area contributed by atoms with Crippen LogP contribution in [0.25, 0.3) is 21.5 Å². The van der Waals surface area contributed by atoms with Crippen LogP contribution in [-0.2, 0) is 23.0 Å². The summed E-state index contributed by atoms with van der Waals surface area (Å²) in [6.45, 7) is 1.84. The van der Waals surface area contributed by atoms with Gasteiger partial charge in [-0.05, 0) is 86.3 Å². The van der Waals surface area contributed by atoms with Gasteiger partial charge in [0.2, 0.25) is 0 Å². The van der Waals surface area contributed by atoms with Crippen molar-refractivity contribution in [3.63, 3.8) is 0 Å². The minimum absolute atomic E-state index is 0.0666. The molecule has 0 aromatic heterocycles. The van der Waals surface area contributed by atoms with E-state index in [-0.39, 0.29) is 4.90 Å². The van der Waals surface area contributed by atoms with Gasteiger partial charge < -0.3 is 0 Å². The summed E-state index contributed by atoms with van der Waals surface area (Å²) in [4.78, 5) is -0.0666. The molecular weight excluding hydrogens is 603 g/mol. The van der Waals surface area contributed by atoms with E-state index in [0.29, 0.717) is 8.58 Å². The monoisotopic (exact) mass is 638 g/mol. The second-order valence-electron chi connectivity index (χ2n) is 11.4. The van der Waals surface area contributed by atoms with Gasteiger partial charge in [0.15, 0.2) is 0 Å². The van der Waals surface area contributed by atoms with Crippen LogP contribution in [0, 0.1) is 6.92 Å². The van der Waals surface area contributed by atoms with Crippen molar-refractivity contribution >= 4 is 50.9 Å². The molecule has 0 unspecified atom stereocenters. The van der Waals surface area contributed by atoms with Crippen molar-refractivity contribution in [3.8, 4) is 0 Å². The summed E-state index contributed by atoms with van der Waals surface area (Å²) < 4.78 is 29.6. The third-order valence-corrected chi connectivity index (χ3v) is 10.4. The van der Waals surface area contributed by atoms with Crippen molar-refractivity contribution in [1.82, 2.24) is 0 Å². The molecule has 0 aliphatic rings. The molecule has 0 aliphatic carbocycles. The first-order valence-electron chi connectivity index (χ1n) is 15.3. The Kier molecular flexibility index (Phi) is 9.71. The molecule has 0 fully saturated rings. The first-order valence-corrected chi connectivity index (χ1v) is 17.7. The van der Waals surface area contributed by atoms with Crippen LogP contribution in [-0.4, -0.2) is 13.0 Å². The maximum atomic E-state index is 10.5. The van der Waals surface area contributed by atoms with Gasteiger partial charge in [-0.25, -0.2) is 0 Å². The molecule has 0 bridgehead atoms. The van der Waals surface area contributed by atoms with Crippen molar-refractivity contribution in [3.05, 3.63) is 186 Å². The quantitative estimate of drug-likeness (QED) is 0.140. The first kappa shape index (κ1) is 31.4. The van der Waals surface area contributed by atoms with Gasteiger partial charge in [0.1, 0.15) is 0 Å². The van der Waals surface area contributed by atoms with Gasteiger partial charge in [-0.15, -0.1) is 0 Å². The SMILES string of the molecule is Cc1ccc(S(=O)(=O)O)cc1.c1ccc(Cc2ccc(Pc3ccc(Cc4ccccc4)c4ccccc34)c3ccccc23)cc1. The van der Waals surface area contributed by atoms with Gasteiger partial charge in [-0.1, -0.05) is 160 Å². The van der Waals surface area contributed by atoms with Crippen LogP contribution >= 0.6 is 8.58 Å². The lowest BCUT2D eigenvalue weighted by molar-refractivity contribution is 0.483. The molecule has 7 aromatic carbocycles.